The van der Waals surface area contributed by atoms with E-state index < -0.39 is 0 Å². The van der Waals surface area contributed by atoms with Gasteiger partial charge in [0.15, 0.2) is 0 Å². The zero-order valence-corrected chi connectivity index (χ0v) is 21.1. The van der Waals surface area contributed by atoms with Gasteiger partial charge >= 0.3 is 0 Å². The number of aryl methyl sites for hydroxylation is 2. The molecular formula is C31H49F. The van der Waals surface area contributed by atoms with E-state index in [1.807, 2.05) is 6.07 Å². The highest BCUT2D eigenvalue weighted by atomic mass is 19.1. The van der Waals surface area contributed by atoms with Crippen LogP contribution in [0.3, 0.4) is 0 Å². The molecule has 0 heterocycles. The zero-order chi connectivity index (χ0) is 22.6. The number of halogens is 1. The molecule has 2 aliphatic carbocycles. The molecule has 32 heavy (non-hydrogen) atoms. The lowest BCUT2D eigenvalue weighted by Crippen LogP contribution is -2.16. The number of allylic oxidation sites excluding steroid dienone is 2. The van der Waals surface area contributed by atoms with Crippen LogP contribution in [0.2, 0.25) is 0 Å². The molecule has 0 radical (unpaired) electrons. The molecule has 0 amide bonds. The Balaban J connectivity index is 1.33. The summed E-state index contributed by atoms with van der Waals surface area (Å²) in [6.07, 6.45) is 26.0. The molecule has 0 spiro atoms. The number of hydrogen-bond donors (Lipinski definition) is 0. The maximum Gasteiger partial charge on any atom is 0.126 e. The van der Waals surface area contributed by atoms with Gasteiger partial charge in [0, 0.05) is 0 Å². The first-order valence-electron chi connectivity index (χ1n) is 14.1. The molecule has 0 nitrogen and oxygen atoms in total. The minimum absolute atomic E-state index is 0.0143. The van der Waals surface area contributed by atoms with Gasteiger partial charge in [-0.2, -0.15) is 0 Å². The van der Waals surface area contributed by atoms with Crippen LogP contribution in [0.15, 0.2) is 29.8 Å². The van der Waals surface area contributed by atoms with Crippen LogP contribution >= 0.6 is 0 Å². The summed E-state index contributed by atoms with van der Waals surface area (Å²) in [6, 6.07) is 6.01. The minimum Gasteiger partial charge on any atom is -0.207 e. The molecule has 0 bridgehead atoms. The average molecular weight is 441 g/mol. The lowest BCUT2D eigenvalue weighted by Gasteiger charge is -2.30. The van der Waals surface area contributed by atoms with Gasteiger partial charge in [-0.3, -0.25) is 0 Å². The maximum absolute atomic E-state index is 14.5. The second kappa shape index (κ2) is 14.2. The molecule has 1 heteroatoms. The van der Waals surface area contributed by atoms with Crippen molar-refractivity contribution in [1.82, 2.24) is 0 Å². The molecule has 2 aliphatic rings. The summed E-state index contributed by atoms with van der Waals surface area (Å²) in [5.74, 6) is 2.97. The van der Waals surface area contributed by atoms with Gasteiger partial charge in [0.2, 0.25) is 0 Å². The van der Waals surface area contributed by atoms with E-state index in [1.54, 1.807) is 11.6 Å². The Morgan fingerprint density at radius 2 is 1.50 bits per heavy atom. The second-order valence-corrected chi connectivity index (χ2v) is 11.0. The van der Waals surface area contributed by atoms with Crippen LogP contribution in [0, 0.1) is 23.6 Å². The van der Waals surface area contributed by atoms with E-state index in [-0.39, 0.29) is 5.82 Å². The van der Waals surface area contributed by atoms with Crippen LogP contribution in [-0.4, -0.2) is 0 Å². The molecule has 1 aromatic rings. The predicted octanol–water partition coefficient (Wildman–Crippen LogP) is 9.99. The molecule has 1 aromatic carbocycles. The van der Waals surface area contributed by atoms with Crippen molar-refractivity contribution in [3.63, 3.8) is 0 Å². The van der Waals surface area contributed by atoms with E-state index in [4.69, 9.17) is 0 Å². The van der Waals surface area contributed by atoms with E-state index in [0.717, 1.165) is 49.0 Å². The molecule has 1 atom stereocenters. The van der Waals surface area contributed by atoms with Crippen LogP contribution < -0.4 is 0 Å². The summed E-state index contributed by atoms with van der Waals surface area (Å²) in [4.78, 5) is 0. The van der Waals surface area contributed by atoms with Crippen molar-refractivity contribution in [2.75, 3.05) is 0 Å². The highest BCUT2D eigenvalue weighted by Crippen LogP contribution is 2.36. The van der Waals surface area contributed by atoms with Crippen molar-refractivity contribution in [2.45, 2.75) is 129 Å². The van der Waals surface area contributed by atoms with Gasteiger partial charge in [0.1, 0.15) is 5.82 Å². The highest BCUT2D eigenvalue weighted by Gasteiger charge is 2.22. The van der Waals surface area contributed by atoms with Gasteiger partial charge in [-0.15, -0.1) is 0 Å². The molecule has 3 rings (SSSR count). The standard InChI is InChI=1S/C31H49F/c1-3-5-6-7-9-30-23-22-29(24-31(30)32)21-20-28-18-16-27(17-19-28)15-14-26-12-10-25(8-4-2)11-13-26/h18,22-27H,3-17,19-21H2,1-2H3/t25-,26-,27?. The normalized spacial score (nSPS) is 23.8. The lowest BCUT2D eigenvalue weighted by molar-refractivity contribution is 0.236. The fourth-order valence-electron chi connectivity index (χ4n) is 6.12. The summed E-state index contributed by atoms with van der Waals surface area (Å²) in [6.45, 7) is 4.55. The van der Waals surface area contributed by atoms with Crippen LogP contribution in [-0.2, 0) is 12.8 Å². The first-order chi connectivity index (χ1) is 15.7. The number of unbranched alkanes of at least 4 members (excludes halogenated alkanes) is 3. The first kappa shape index (κ1) is 25.5. The van der Waals surface area contributed by atoms with Crippen LogP contribution in [0.5, 0.6) is 0 Å². The third kappa shape index (κ3) is 8.68. The SMILES string of the molecule is CCCCCCc1ccc(CCC2=CCC(CC[C@H]3CC[C@H](CCC)CC3)CC2)cc1F. The third-order valence-corrected chi connectivity index (χ3v) is 8.41. The molecular weight excluding hydrogens is 391 g/mol. The highest BCUT2D eigenvalue weighted by molar-refractivity contribution is 5.25. The minimum atomic E-state index is 0.0143. The van der Waals surface area contributed by atoms with Crippen molar-refractivity contribution in [3.05, 3.63) is 46.8 Å². The predicted molar refractivity (Wildman–Crippen MR) is 138 cm³/mol. The van der Waals surface area contributed by atoms with Gasteiger partial charge in [0.25, 0.3) is 0 Å². The van der Waals surface area contributed by atoms with Crippen molar-refractivity contribution >= 4 is 0 Å². The largest absolute Gasteiger partial charge is 0.207 e. The van der Waals surface area contributed by atoms with Gasteiger partial charge in [-0.25, -0.2) is 4.39 Å². The Kier molecular flexibility index (Phi) is 11.3. The van der Waals surface area contributed by atoms with Gasteiger partial charge in [-0.1, -0.05) is 102 Å². The van der Waals surface area contributed by atoms with E-state index in [0.29, 0.717) is 0 Å². The molecule has 0 saturated heterocycles. The number of hydrogen-bond acceptors (Lipinski definition) is 0. The molecule has 0 N–H and O–H groups in total. The summed E-state index contributed by atoms with van der Waals surface area (Å²) in [5, 5.41) is 0. The van der Waals surface area contributed by atoms with E-state index >= 15 is 0 Å². The third-order valence-electron chi connectivity index (χ3n) is 8.41. The van der Waals surface area contributed by atoms with E-state index in [9.17, 15) is 4.39 Å². The van der Waals surface area contributed by atoms with Crippen LogP contribution in [0.1, 0.15) is 128 Å². The van der Waals surface area contributed by atoms with Crippen molar-refractivity contribution in [2.24, 2.45) is 17.8 Å². The molecule has 1 saturated carbocycles. The molecule has 0 aromatic heterocycles. The van der Waals surface area contributed by atoms with Crippen LogP contribution in [0.25, 0.3) is 0 Å². The Morgan fingerprint density at radius 3 is 2.16 bits per heavy atom. The summed E-state index contributed by atoms with van der Waals surface area (Å²) in [7, 11) is 0. The molecule has 0 aliphatic heterocycles. The summed E-state index contributed by atoms with van der Waals surface area (Å²) < 4.78 is 14.5. The maximum atomic E-state index is 14.5. The average Bonchev–Trinajstić information content (AvgIpc) is 2.82. The first-order valence-corrected chi connectivity index (χ1v) is 14.1. The fourth-order valence-corrected chi connectivity index (χ4v) is 6.12. The van der Waals surface area contributed by atoms with E-state index in [2.05, 4.69) is 26.0 Å². The number of rotatable bonds is 13. The Morgan fingerprint density at radius 1 is 0.750 bits per heavy atom. The topological polar surface area (TPSA) is 0 Å². The van der Waals surface area contributed by atoms with Gasteiger partial charge in [0.05, 0.1) is 0 Å². The van der Waals surface area contributed by atoms with Crippen LogP contribution in [0.4, 0.5) is 4.39 Å². The smallest absolute Gasteiger partial charge is 0.126 e. The lowest BCUT2D eigenvalue weighted by atomic mass is 9.76. The van der Waals surface area contributed by atoms with Crippen molar-refractivity contribution < 1.29 is 4.39 Å². The molecule has 1 unspecified atom stereocenters. The zero-order valence-electron chi connectivity index (χ0n) is 21.1. The second-order valence-electron chi connectivity index (χ2n) is 11.0. The Hall–Kier alpha value is -1.11. The fraction of sp³-hybridized carbons (Fsp3) is 0.742. The number of benzene rings is 1. The van der Waals surface area contributed by atoms with E-state index in [1.165, 1.54) is 95.5 Å². The molecule has 180 valence electrons. The summed E-state index contributed by atoms with van der Waals surface area (Å²) in [5.41, 5.74) is 3.69. The van der Waals surface area contributed by atoms with Gasteiger partial charge < -0.3 is 0 Å². The quantitative estimate of drug-likeness (QED) is 0.211. The van der Waals surface area contributed by atoms with Gasteiger partial charge in [-0.05, 0) is 86.3 Å². The Labute approximate surface area is 198 Å². The molecule has 1 fully saturated rings. The Bertz CT molecular complexity index is 680. The van der Waals surface area contributed by atoms with Crippen molar-refractivity contribution in [1.29, 1.82) is 0 Å². The summed E-state index contributed by atoms with van der Waals surface area (Å²) >= 11 is 0. The monoisotopic (exact) mass is 440 g/mol. The van der Waals surface area contributed by atoms with Crippen molar-refractivity contribution in [3.8, 4) is 0 Å².